The Kier molecular flexibility index (Phi) is 5.13. The monoisotopic (exact) mass is 319 g/mol. The van der Waals surface area contributed by atoms with E-state index in [0.717, 1.165) is 38.1 Å². The van der Waals surface area contributed by atoms with Crippen LogP contribution in [0.25, 0.3) is 0 Å². The molecular weight excluding hydrogens is 300 g/mol. The predicted octanol–water partition coefficient (Wildman–Crippen LogP) is 1.31. The topological polar surface area (TPSA) is 75.4 Å². The zero-order valence-corrected chi connectivity index (χ0v) is 12.4. The molecule has 0 spiro atoms. The lowest BCUT2D eigenvalue weighted by molar-refractivity contribution is 0.232. The highest BCUT2D eigenvalue weighted by Gasteiger charge is 2.24. The van der Waals surface area contributed by atoms with Crippen LogP contribution in [-0.2, 0) is 10.0 Å². The summed E-state index contributed by atoms with van der Waals surface area (Å²) in [6, 6.07) is 1.59. The van der Waals surface area contributed by atoms with Crippen LogP contribution in [-0.4, -0.2) is 39.5 Å². The van der Waals surface area contributed by atoms with Crippen LogP contribution < -0.4 is 10.5 Å². The number of rotatable bonds is 5. The first-order valence-electron chi connectivity index (χ1n) is 6.87. The van der Waals surface area contributed by atoms with E-state index in [4.69, 9.17) is 5.73 Å². The summed E-state index contributed by atoms with van der Waals surface area (Å²) in [6.07, 6.45) is 3.37. The third-order valence-corrected chi connectivity index (χ3v) is 4.97. The van der Waals surface area contributed by atoms with Crippen LogP contribution in [0.4, 0.5) is 14.5 Å². The molecule has 3 N–H and O–H groups in total. The van der Waals surface area contributed by atoms with Crippen molar-refractivity contribution in [2.45, 2.75) is 24.2 Å². The Morgan fingerprint density at radius 1 is 1.14 bits per heavy atom. The molecule has 1 aliphatic rings. The number of sulfonamides is 1. The second-order valence-electron chi connectivity index (χ2n) is 5.11. The number of hydrogen-bond acceptors (Lipinski definition) is 4. The van der Waals surface area contributed by atoms with Crippen molar-refractivity contribution in [1.82, 2.24) is 9.62 Å². The van der Waals surface area contributed by atoms with Gasteiger partial charge in [-0.05, 0) is 38.1 Å². The molecule has 1 aromatic rings. The van der Waals surface area contributed by atoms with E-state index in [2.05, 4.69) is 9.62 Å². The summed E-state index contributed by atoms with van der Waals surface area (Å²) >= 11 is 0. The first kappa shape index (κ1) is 16.1. The SMILES string of the molecule is Nc1cc(F)c(S(=O)(=O)NCCN2CCCCC2)c(F)c1. The molecule has 21 heavy (non-hydrogen) atoms. The van der Waals surface area contributed by atoms with Crippen LogP contribution in [0.1, 0.15) is 19.3 Å². The van der Waals surface area contributed by atoms with Gasteiger partial charge in [0, 0.05) is 18.8 Å². The fourth-order valence-electron chi connectivity index (χ4n) is 2.43. The second kappa shape index (κ2) is 6.67. The summed E-state index contributed by atoms with van der Waals surface area (Å²) in [5.74, 6) is -2.36. The third kappa shape index (κ3) is 4.12. The van der Waals surface area contributed by atoms with Gasteiger partial charge < -0.3 is 10.6 Å². The molecule has 0 bridgehead atoms. The number of piperidine rings is 1. The van der Waals surface area contributed by atoms with Gasteiger partial charge in [0.15, 0.2) is 4.90 Å². The van der Waals surface area contributed by atoms with Crippen molar-refractivity contribution < 1.29 is 17.2 Å². The average Bonchev–Trinajstić information content (AvgIpc) is 2.38. The molecule has 5 nitrogen and oxygen atoms in total. The van der Waals surface area contributed by atoms with Crippen molar-refractivity contribution in [3.63, 3.8) is 0 Å². The van der Waals surface area contributed by atoms with E-state index in [0.29, 0.717) is 6.54 Å². The van der Waals surface area contributed by atoms with Crippen molar-refractivity contribution in [3.05, 3.63) is 23.8 Å². The van der Waals surface area contributed by atoms with Crippen molar-refractivity contribution >= 4 is 15.7 Å². The van der Waals surface area contributed by atoms with E-state index in [9.17, 15) is 17.2 Å². The quantitative estimate of drug-likeness (QED) is 0.803. The molecule has 1 saturated heterocycles. The third-order valence-electron chi connectivity index (χ3n) is 3.46. The molecular formula is C13H19F2N3O2S. The van der Waals surface area contributed by atoms with Gasteiger partial charge in [-0.1, -0.05) is 6.42 Å². The fourth-order valence-corrected chi connectivity index (χ4v) is 3.57. The summed E-state index contributed by atoms with van der Waals surface area (Å²) in [7, 11) is -4.22. The molecule has 0 unspecified atom stereocenters. The number of benzene rings is 1. The van der Waals surface area contributed by atoms with Crippen molar-refractivity contribution in [3.8, 4) is 0 Å². The summed E-state index contributed by atoms with van der Waals surface area (Å²) in [4.78, 5) is 1.15. The Balaban J connectivity index is 2.01. The van der Waals surface area contributed by atoms with Gasteiger partial charge in [-0.3, -0.25) is 0 Å². The number of halogens is 2. The second-order valence-corrected chi connectivity index (χ2v) is 6.82. The minimum atomic E-state index is -4.22. The molecule has 1 heterocycles. The summed E-state index contributed by atoms with van der Waals surface area (Å²) < 4.78 is 53.5. The Morgan fingerprint density at radius 2 is 1.71 bits per heavy atom. The van der Waals surface area contributed by atoms with E-state index in [1.165, 1.54) is 6.42 Å². The zero-order chi connectivity index (χ0) is 15.5. The molecule has 2 rings (SSSR count). The molecule has 0 amide bonds. The maximum absolute atomic E-state index is 13.6. The van der Waals surface area contributed by atoms with Crippen molar-refractivity contribution in [2.75, 3.05) is 31.9 Å². The smallest absolute Gasteiger partial charge is 0.246 e. The molecule has 0 saturated carbocycles. The van der Waals surface area contributed by atoms with E-state index in [-0.39, 0.29) is 12.2 Å². The number of anilines is 1. The normalized spacial score (nSPS) is 17.0. The maximum Gasteiger partial charge on any atom is 0.246 e. The Labute approximate surface area is 123 Å². The first-order chi connectivity index (χ1) is 9.90. The minimum Gasteiger partial charge on any atom is -0.399 e. The van der Waals surface area contributed by atoms with Crippen LogP contribution in [0.5, 0.6) is 0 Å². The molecule has 0 radical (unpaired) electrons. The van der Waals surface area contributed by atoms with Crippen LogP contribution in [0.15, 0.2) is 17.0 Å². The Morgan fingerprint density at radius 3 is 2.29 bits per heavy atom. The molecule has 8 heteroatoms. The first-order valence-corrected chi connectivity index (χ1v) is 8.35. The Hall–Kier alpha value is -1.25. The predicted molar refractivity (Wildman–Crippen MR) is 76.2 cm³/mol. The molecule has 1 fully saturated rings. The lowest BCUT2D eigenvalue weighted by Gasteiger charge is -2.26. The number of nitrogen functional groups attached to an aromatic ring is 1. The molecule has 1 aliphatic heterocycles. The zero-order valence-electron chi connectivity index (χ0n) is 11.6. The van der Waals surface area contributed by atoms with Gasteiger partial charge in [0.1, 0.15) is 11.6 Å². The number of nitrogens with zero attached hydrogens (tertiary/aromatic N) is 1. The summed E-state index contributed by atoms with van der Waals surface area (Å²) in [5.41, 5.74) is 5.11. The van der Waals surface area contributed by atoms with Crippen molar-refractivity contribution in [1.29, 1.82) is 0 Å². The molecule has 1 aromatic carbocycles. The van der Waals surface area contributed by atoms with Crippen molar-refractivity contribution in [2.24, 2.45) is 0 Å². The summed E-state index contributed by atoms with van der Waals surface area (Å²) in [5, 5.41) is 0. The van der Waals surface area contributed by atoms with Gasteiger partial charge in [0.2, 0.25) is 10.0 Å². The van der Waals surface area contributed by atoms with Crippen LogP contribution >= 0.6 is 0 Å². The van der Waals surface area contributed by atoms with E-state index >= 15 is 0 Å². The van der Waals surface area contributed by atoms with Crippen LogP contribution in [0.2, 0.25) is 0 Å². The standard InChI is InChI=1S/C13H19F2N3O2S/c14-11-8-10(16)9-12(15)13(11)21(19,20)17-4-7-18-5-2-1-3-6-18/h8-9,17H,1-7,16H2. The highest BCUT2D eigenvalue weighted by Crippen LogP contribution is 2.21. The lowest BCUT2D eigenvalue weighted by Crippen LogP contribution is -2.38. The fraction of sp³-hybridized carbons (Fsp3) is 0.538. The largest absolute Gasteiger partial charge is 0.399 e. The number of hydrogen-bond donors (Lipinski definition) is 2. The number of nitrogens with two attached hydrogens (primary N) is 1. The van der Waals surface area contributed by atoms with Gasteiger partial charge in [-0.25, -0.2) is 21.9 Å². The Bertz CT molecular complexity index is 578. The number of likely N-dealkylation sites (tertiary alicyclic amines) is 1. The van der Waals surface area contributed by atoms with Gasteiger partial charge in [-0.2, -0.15) is 0 Å². The molecule has 0 aliphatic carbocycles. The molecule has 0 atom stereocenters. The lowest BCUT2D eigenvalue weighted by atomic mass is 10.1. The highest BCUT2D eigenvalue weighted by molar-refractivity contribution is 7.89. The summed E-state index contributed by atoms with van der Waals surface area (Å²) in [6.45, 7) is 2.49. The van der Waals surface area contributed by atoms with E-state index in [1.54, 1.807) is 0 Å². The molecule has 0 aromatic heterocycles. The van der Waals surface area contributed by atoms with E-state index in [1.807, 2.05) is 0 Å². The van der Waals surface area contributed by atoms with Gasteiger partial charge in [0.05, 0.1) is 0 Å². The van der Waals surface area contributed by atoms with Crippen LogP contribution in [0, 0.1) is 11.6 Å². The molecule has 118 valence electrons. The van der Waals surface area contributed by atoms with Gasteiger partial charge >= 0.3 is 0 Å². The maximum atomic E-state index is 13.6. The highest BCUT2D eigenvalue weighted by atomic mass is 32.2. The number of nitrogens with one attached hydrogen (secondary N) is 1. The van der Waals surface area contributed by atoms with Crippen LogP contribution in [0.3, 0.4) is 0 Å². The van der Waals surface area contributed by atoms with E-state index < -0.39 is 26.6 Å². The average molecular weight is 319 g/mol. The van der Waals surface area contributed by atoms with Gasteiger partial charge in [-0.15, -0.1) is 0 Å². The minimum absolute atomic E-state index is 0.117. The van der Waals surface area contributed by atoms with Gasteiger partial charge in [0.25, 0.3) is 0 Å².